The van der Waals surface area contributed by atoms with E-state index in [1.165, 1.54) is 20.0 Å². The summed E-state index contributed by atoms with van der Waals surface area (Å²) in [6.45, 7) is 2.83. The number of fused-ring (bicyclic) bond motifs is 2. The summed E-state index contributed by atoms with van der Waals surface area (Å²) < 4.78 is 26.7. The van der Waals surface area contributed by atoms with E-state index in [0.717, 1.165) is 48.2 Å². The number of halogens is 1. The summed E-state index contributed by atoms with van der Waals surface area (Å²) in [5, 5.41) is 0. The maximum Gasteiger partial charge on any atom is 0.410 e. The van der Waals surface area contributed by atoms with E-state index >= 15 is 4.39 Å². The first-order valence-corrected chi connectivity index (χ1v) is 11.8. The van der Waals surface area contributed by atoms with E-state index in [4.69, 9.17) is 9.47 Å². The van der Waals surface area contributed by atoms with E-state index in [0.29, 0.717) is 25.6 Å². The van der Waals surface area contributed by atoms with Gasteiger partial charge < -0.3 is 19.3 Å². The quantitative estimate of drug-likeness (QED) is 0.637. The second kappa shape index (κ2) is 9.00. The van der Waals surface area contributed by atoms with E-state index in [1.807, 2.05) is 30.3 Å². The Hall–Kier alpha value is -2.76. The van der Waals surface area contributed by atoms with Crippen molar-refractivity contribution in [3.05, 3.63) is 58.9 Å². The maximum atomic E-state index is 15.6. The normalized spacial score (nSPS) is 22.3. The Balaban J connectivity index is 1.45. The number of benzene rings is 2. The van der Waals surface area contributed by atoms with Crippen molar-refractivity contribution in [3.63, 3.8) is 0 Å². The zero-order valence-electron chi connectivity index (χ0n) is 18.7. The number of methoxy groups -OCH3 is 1. The number of rotatable bonds is 3. The Bertz CT molecular complexity index is 981. The fourth-order valence-electron chi connectivity index (χ4n) is 5.73. The van der Waals surface area contributed by atoms with Gasteiger partial charge in [-0.1, -0.05) is 49.6 Å². The number of anilines is 1. The molecule has 2 aliphatic heterocycles. The van der Waals surface area contributed by atoms with Crippen LogP contribution in [0.15, 0.2) is 36.4 Å². The van der Waals surface area contributed by atoms with Crippen LogP contribution in [0, 0.1) is 11.7 Å². The third-order valence-electron chi connectivity index (χ3n) is 7.30. The van der Waals surface area contributed by atoms with Crippen molar-refractivity contribution in [3.8, 4) is 5.75 Å². The Labute approximate surface area is 189 Å². The highest BCUT2D eigenvalue weighted by Crippen LogP contribution is 2.50. The minimum atomic E-state index is -0.333. The average Bonchev–Trinajstić information content (AvgIpc) is 3.16. The lowest BCUT2D eigenvalue weighted by Crippen LogP contribution is -2.41. The molecule has 1 aliphatic carbocycles. The predicted octanol–water partition coefficient (Wildman–Crippen LogP) is 5.47. The van der Waals surface area contributed by atoms with E-state index in [2.05, 4.69) is 4.90 Å². The largest absolute Gasteiger partial charge is 0.494 e. The van der Waals surface area contributed by atoms with Gasteiger partial charge in [0.05, 0.1) is 13.7 Å². The number of carbonyl (C=O) groups excluding carboxylic acids is 1. The van der Waals surface area contributed by atoms with Crippen LogP contribution >= 0.6 is 0 Å². The van der Waals surface area contributed by atoms with Crippen LogP contribution in [-0.2, 0) is 17.9 Å². The highest BCUT2D eigenvalue weighted by atomic mass is 19.1. The van der Waals surface area contributed by atoms with Crippen molar-refractivity contribution in [1.29, 1.82) is 0 Å². The first-order valence-electron chi connectivity index (χ1n) is 11.8. The van der Waals surface area contributed by atoms with E-state index in [1.54, 1.807) is 11.0 Å². The molecule has 0 N–H and O–H groups in total. The third-order valence-corrected chi connectivity index (χ3v) is 7.30. The minimum Gasteiger partial charge on any atom is -0.494 e. The molecule has 0 saturated heterocycles. The molecule has 1 amide bonds. The number of nitrogens with zero attached hydrogens (tertiary/aromatic N) is 2. The van der Waals surface area contributed by atoms with Gasteiger partial charge in [-0.3, -0.25) is 0 Å². The summed E-state index contributed by atoms with van der Waals surface area (Å²) in [5.41, 5.74) is 3.72. The molecule has 2 heterocycles. The van der Waals surface area contributed by atoms with Crippen LogP contribution in [0.4, 0.5) is 14.9 Å². The van der Waals surface area contributed by atoms with Crippen LogP contribution in [0.25, 0.3) is 0 Å². The first kappa shape index (κ1) is 21.1. The zero-order valence-corrected chi connectivity index (χ0v) is 18.7. The average molecular weight is 439 g/mol. The summed E-state index contributed by atoms with van der Waals surface area (Å²) in [6.07, 6.45) is 5.40. The van der Waals surface area contributed by atoms with E-state index < -0.39 is 0 Å². The molecule has 0 radical (unpaired) electrons. The number of hydrogen-bond donors (Lipinski definition) is 0. The molecule has 2 unspecified atom stereocenters. The lowest BCUT2D eigenvalue weighted by molar-refractivity contribution is 0.0953. The smallest absolute Gasteiger partial charge is 0.410 e. The molecular formula is C26H31FN2O3. The van der Waals surface area contributed by atoms with Crippen molar-refractivity contribution in [2.45, 2.75) is 51.2 Å². The minimum absolute atomic E-state index is 0.215. The lowest BCUT2D eigenvalue weighted by atomic mass is 9.77. The standard InChI is InChI=1S/C26H31FN2O3/c1-31-22-14-20-16-29(26(30)32-17-18-8-4-2-5-9-18)13-12-28-15-19-10-6-3-7-11-21(19)23(24(22)27)25(20)28/h2,4-5,8-9,14,19,21H,3,6-7,10-13,15-17H2,1H3. The van der Waals surface area contributed by atoms with Crippen molar-refractivity contribution in [2.24, 2.45) is 5.92 Å². The monoisotopic (exact) mass is 438 g/mol. The molecule has 32 heavy (non-hydrogen) atoms. The van der Waals surface area contributed by atoms with Crippen molar-refractivity contribution >= 4 is 11.8 Å². The molecule has 5 rings (SSSR count). The molecule has 2 aromatic carbocycles. The van der Waals surface area contributed by atoms with Gasteiger partial charge in [0.15, 0.2) is 11.6 Å². The highest BCUT2D eigenvalue weighted by Gasteiger charge is 2.40. The number of carbonyl (C=O) groups is 1. The molecule has 0 spiro atoms. The molecule has 1 fully saturated rings. The molecule has 5 nitrogen and oxygen atoms in total. The molecule has 2 atom stereocenters. The SMILES string of the molecule is COc1cc2c3c(c1F)C1CCCCCC1CN3CCN(C(=O)OCc1ccccc1)C2. The summed E-state index contributed by atoms with van der Waals surface area (Å²) in [4.78, 5) is 17.0. The Morgan fingerprint density at radius 2 is 1.94 bits per heavy atom. The number of amides is 1. The van der Waals surface area contributed by atoms with E-state index in [9.17, 15) is 4.79 Å². The second-order valence-corrected chi connectivity index (χ2v) is 9.23. The maximum absolute atomic E-state index is 15.6. The van der Waals surface area contributed by atoms with Gasteiger partial charge in [0, 0.05) is 30.9 Å². The van der Waals surface area contributed by atoms with Gasteiger partial charge in [0.25, 0.3) is 0 Å². The Morgan fingerprint density at radius 3 is 2.75 bits per heavy atom. The summed E-state index contributed by atoms with van der Waals surface area (Å²) in [5.74, 6) is 0.751. The van der Waals surface area contributed by atoms with Crippen LogP contribution in [-0.4, -0.2) is 37.7 Å². The molecule has 0 bridgehead atoms. The van der Waals surface area contributed by atoms with Gasteiger partial charge >= 0.3 is 6.09 Å². The fourth-order valence-corrected chi connectivity index (χ4v) is 5.73. The second-order valence-electron chi connectivity index (χ2n) is 9.23. The molecule has 2 aromatic rings. The summed E-state index contributed by atoms with van der Waals surface area (Å²) in [7, 11) is 1.52. The van der Waals surface area contributed by atoms with Crippen LogP contribution in [0.5, 0.6) is 5.75 Å². The van der Waals surface area contributed by atoms with Crippen molar-refractivity contribution in [1.82, 2.24) is 4.90 Å². The van der Waals surface area contributed by atoms with Crippen molar-refractivity contribution < 1.29 is 18.7 Å². The Morgan fingerprint density at radius 1 is 1.12 bits per heavy atom. The summed E-state index contributed by atoms with van der Waals surface area (Å²) >= 11 is 0. The van der Waals surface area contributed by atoms with Gasteiger partial charge in [-0.05, 0) is 41.9 Å². The van der Waals surface area contributed by atoms with E-state index in [-0.39, 0.29) is 30.2 Å². The predicted molar refractivity (Wildman–Crippen MR) is 122 cm³/mol. The molecule has 3 aliphatic rings. The molecule has 6 heteroatoms. The van der Waals surface area contributed by atoms with Crippen LogP contribution in [0.2, 0.25) is 0 Å². The zero-order chi connectivity index (χ0) is 22.1. The summed E-state index contributed by atoms with van der Waals surface area (Å²) in [6, 6.07) is 11.5. The first-order chi connectivity index (χ1) is 15.7. The van der Waals surface area contributed by atoms with Crippen LogP contribution in [0.3, 0.4) is 0 Å². The van der Waals surface area contributed by atoms with Gasteiger partial charge in [0.1, 0.15) is 6.61 Å². The molecule has 0 aromatic heterocycles. The topological polar surface area (TPSA) is 42.0 Å². The molecule has 170 valence electrons. The number of ether oxygens (including phenoxy) is 2. The van der Waals surface area contributed by atoms with Crippen LogP contribution in [0.1, 0.15) is 54.7 Å². The highest BCUT2D eigenvalue weighted by molar-refractivity contribution is 5.71. The molecule has 1 saturated carbocycles. The van der Waals surface area contributed by atoms with Gasteiger partial charge in [0.2, 0.25) is 0 Å². The number of hydrogen-bond acceptors (Lipinski definition) is 4. The van der Waals surface area contributed by atoms with Gasteiger partial charge in [-0.2, -0.15) is 0 Å². The third kappa shape index (κ3) is 3.91. The lowest BCUT2D eigenvalue weighted by Gasteiger charge is -2.41. The van der Waals surface area contributed by atoms with Gasteiger partial charge in [-0.15, -0.1) is 0 Å². The van der Waals surface area contributed by atoms with Gasteiger partial charge in [-0.25, -0.2) is 9.18 Å². The van der Waals surface area contributed by atoms with Crippen LogP contribution < -0.4 is 9.64 Å². The molecular weight excluding hydrogens is 407 g/mol. The fraction of sp³-hybridized carbons (Fsp3) is 0.500. The van der Waals surface area contributed by atoms with Crippen molar-refractivity contribution in [2.75, 3.05) is 31.6 Å². The Kier molecular flexibility index (Phi) is 5.94.